The summed E-state index contributed by atoms with van der Waals surface area (Å²) in [4.78, 5) is 14.1. The third-order valence-corrected chi connectivity index (χ3v) is 3.41. The molecule has 0 radical (unpaired) electrons. The van der Waals surface area contributed by atoms with Crippen molar-refractivity contribution in [3.05, 3.63) is 18.0 Å². The van der Waals surface area contributed by atoms with Crippen molar-refractivity contribution in [2.75, 3.05) is 25.4 Å². The maximum Gasteiger partial charge on any atom is 0.270 e. The molecule has 0 aliphatic carbocycles. The molecule has 1 aromatic rings. The molecule has 2 rings (SSSR count). The molecule has 1 fully saturated rings. The predicted molar refractivity (Wildman–Crippen MR) is 65.5 cm³/mol. The molecule has 3 N–H and O–H groups in total. The average molecular weight is 237 g/mol. The molecule has 1 aromatic heterocycles. The second-order valence-corrected chi connectivity index (χ2v) is 4.69. The molecule has 0 bridgehead atoms. The van der Waals surface area contributed by atoms with Gasteiger partial charge in [-0.1, -0.05) is 0 Å². The van der Waals surface area contributed by atoms with E-state index in [9.17, 15) is 4.79 Å². The Morgan fingerprint density at radius 3 is 2.65 bits per heavy atom. The summed E-state index contributed by atoms with van der Waals surface area (Å²) in [6.07, 6.45) is 3.50. The number of aliphatic hydroxyl groups excluding tert-OH is 1. The van der Waals surface area contributed by atoms with Crippen LogP contribution in [0.2, 0.25) is 0 Å². The van der Waals surface area contributed by atoms with E-state index >= 15 is 0 Å². The summed E-state index contributed by atoms with van der Waals surface area (Å²) < 4.78 is 1.76. The number of likely N-dealkylation sites (tertiary alicyclic amines) is 1. The fourth-order valence-corrected chi connectivity index (χ4v) is 2.28. The van der Waals surface area contributed by atoms with Gasteiger partial charge in [0.1, 0.15) is 5.69 Å². The molecule has 5 nitrogen and oxygen atoms in total. The number of carbonyl (C=O) groups excluding carboxylic acids is 1. The van der Waals surface area contributed by atoms with Crippen LogP contribution in [-0.2, 0) is 7.05 Å². The third kappa shape index (κ3) is 2.44. The average Bonchev–Trinajstić information content (AvgIpc) is 2.68. The first-order valence-corrected chi connectivity index (χ1v) is 5.93. The van der Waals surface area contributed by atoms with Crippen LogP contribution in [0.1, 0.15) is 23.3 Å². The minimum atomic E-state index is 0.0283. The van der Waals surface area contributed by atoms with Gasteiger partial charge in [0.2, 0.25) is 0 Å². The lowest BCUT2D eigenvalue weighted by atomic mass is 9.98. The number of aryl methyl sites for hydroxylation is 1. The molecule has 1 aliphatic heterocycles. The van der Waals surface area contributed by atoms with Crippen LogP contribution in [0.25, 0.3) is 0 Å². The first-order chi connectivity index (χ1) is 8.11. The van der Waals surface area contributed by atoms with Crippen LogP contribution in [0.4, 0.5) is 5.69 Å². The van der Waals surface area contributed by atoms with Crippen molar-refractivity contribution in [1.82, 2.24) is 9.47 Å². The van der Waals surface area contributed by atoms with Gasteiger partial charge in [0.05, 0.1) is 5.69 Å². The van der Waals surface area contributed by atoms with Crippen LogP contribution in [0, 0.1) is 5.92 Å². The summed E-state index contributed by atoms with van der Waals surface area (Å²) in [6.45, 7) is 1.66. The molecule has 0 unspecified atom stereocenters. The zero-order valence-corrected chi connectivity index (χ0v) is 10.1. The Labute approximate surface area is 101 Å². The van der Waals surface area contributed by atoms with Crippen LogP contribution >= 0.6 is 0 Å². The maximum absolute atomic E-state index is 12.2. The van der Waals surface area contributed by atoms with Gasteiger partial charge in [0.15, 0.2) is 0 Å². The fourth-order valence-electron chi connectivity index (χ4n) is 2.28. The van der Waals surface area contributed by atoms with Gasteiger partial charge in [0.25, 0.3) is 5.91 Å². The zero-order valence-electron chi connectivity index (χ0n) is 10.1. The molecule has 0 atom stereocenters. The van der Waals surface area contributed by atoms with Crippen LogP contribution in [-0.4, -0.2) is 40.2 Å². The van der Waals surface area contributed by atoms with E-state index in [4.69, 9.17) is 10.8 Å². The van der Waals surface area contributed by atoms with Crippen LogP contribution in [0.5, 0.6) is 0 Å². The van der Waals surface area contributed by atoms with E-state index in [1.54, 1.807) is 16.8 Å². The number of hydrogen-bond donors (Lipinski definition) is 2. The first kappa shape index (κ1) is 12.0. The molecule has 94 valence electrons. The van der Waals surface area contributed by atoms with E-state index in [0.717, 1.165) is 25.9 Å². The van der Waals surface area contributed by atoms with Gasteiger partial charge in [0, 0.05) is 32.9 Å². The molecule has 17 heavy (non-hydrogen) atoms. The van der Waals surface area contributed by atoms with Gasteiger partial charge < -0.3 is 20.3 Å². The molecule has 0 saturated carbocycles. The second kappa shape index (κ2) is 4.79. The third-order valence-electron chi connectivity index (χ3n) is 3.41. The van der Waals surface area contributed by atoms with Crippen LogP contribution < -0.4 is 5.73 Å². The van der Waals surface area contributed by atoms with Gasteiger partial charge >= 0.3 is 0 Å². The summed E-state index contributed by atoms with van der Waals surface area (Å²) in [7, 11) is 1.82. The van der Waals surface area contributed by atoms with E-state index < -0.39 is 0 Å². The molecular weight excluding hydrogens is 218 g/mol. The summed E-state index contributed by atoms with van der Waals surface area (Å²) in [6, 6.07) is 1.71. The minimum absolute atomic E-state index is 0.0283. The number of carbonyl (C=O) groups is 1. The van der Waals surface area contributed by atoms with Gasteiger partial charge in [-0.05, 0) is 24.8 Å². The van der Waals surface area contributed by atoms with Crippen molar-refractivity contribution in [3.63, 3.8) is 0 Å². The number of nitrogen functional groups attached to an aromatic ring is 1. The topological polar surface area (TPSA) is 71.5 Å². The van der Waals surface area contributed by atoms with E-state index in [2.05, 4.69) is 0 Å². The summed E-state index contributed by atoms with van der Waals surface area (Å²) >= 11 is 0. The highest BCUT2D eigenvalue weighted by atomic mass is 16.3. The molecule has 2 heterocycles. The van der Waals surface area contributed by atoms with Crippen molar-refractivity contribution in [3.8, 4) is 0 Å². The van der Waals surface area contributed by atoms with Gasteiger partial charge in [-0.25, -0.2) is 0 Å². The highest BCUT2D eigenvalue weighted by Gasteiger charge is 2.24. The van der Waals surface area contributed by atoms with Gasteiger partial charge in [-0.3, -0.25) is 4.79 Å². The lowest BCUT2D eigenvalue weighted by Crippen LogP contribution is -2.39. The van der Waals surface area contributed by atoms with E-state index in [1.807, 2.05) is 11.9 Å². The van der Waals surface area contributed by atoms with Crippen molar-refractivity contribution in [2.45, 2.75) is 12.8 Å². The standard InChI is InChI=1S/C12H19N3O2/c1-14-7-10(13)6-11(14)12(17)15-4-2-9(8-16)3-5-15/h6-7,9,16H,2-5,8,13H2,1H3. The first-order valence-electron chi connectivity index (χ1n) is 5.93. The summed E-state index contributed by atoms with van der Waals surface area (Å²) in [5, 5.41) is 9.06. The number of hydrogen-bond acceptors (Lipinski definition) is 3. The van der Waals surface area contributed by atoms with Crippen LogP contribution in [0.15, 0.2) is 12.3 Å². The molecule has 0 spiro atoms. The van der Waals surface area contributed by atoms with Crippen molar-refractivity contribution >= 4 is 11.6 Å². The Balaban J connectivity index is 2.04. The SMILES string of the molecule is Cn1cc(N)cc1C(=O)N1CCC(CO)CC1. The Hall–Kier alpha value is -1.49. The van der Waals surface area contributed by atoms with Crippen LogP contribution in [0.3, 0.4) is 0 Å². The molecule has 5 heteroatoms. The normalized spacial score (nSPS) is 17.4. The highest BCUT2D eigenvalue weighted by Crippen LogP contribution is 2.19. The number of amides is 1. The largest absolute Gasteiger partial charge is 0.397 e. The maximum atomic E-state index is 12.2. The lowest BCUT2D eigenvalue weighted by molar-refractivity contribution is 0.0641. The van der Waals surface area contributed by atoms with E-state index in [1.165, 1.54) is 0 Å². The van der Waals surface area contributed by atoms with Gasteiger partial charge in [-0.2, -0.15) is 0 Å². The number of piperidine rings is 1. The van der Waals surface area contributed by atoms with E-state index in [-0.39, 0.29) is 12.5 Å². The summed E-state index contributed by atoms with van der Waals surface area (Å²) in [5.74, 6) is 0.373. The monoisotopic (exact) mass is 237 g/mol. The quantitative estimate of drug-likeness (QED) is 0.784. The Bertz CT molecular complexity index is 406. The second-order valence-electron chi connectivity index (χ2n) is 4.69. The molecular formula is C12H19N3O2. The molecule has 0 aromatic carbocycles. The number of aliphatic hydroxyl groups is 1. The Kier molecular flexibility index (Phi) is 3.38. The number of nitrogens with zero attached hydrogens (tertiary/aromatic N) is 2. The zero-order chi connectivity index (χ0) is 12.4. The lowest BCUT2D eigenvalue weighted by Gasteiger charge is -2.31. The molecule has 1 aliphatic rings. The Morgan fingerprint density at radius 2 is 2.18 bits per heavy atom. The molecule has 1 amide bonds. The van der Waals surface area contributed by atoms with Gasteiger partial charge in [-0.15, -0.1) is 0 Å². The number of nitrogens with two attached hydrogens (primary N) is 1. The molecule has 1 saturated heterocycles. The highest BCUT2D eigenvalue weighted by molar-refractivity contribution is 5.93. The smallest absolute Gasteiger partial charge is 0.270 e. The minimum Gasteiger partial charge on any atom is -0.397 e. The number of rotatable bonds is 2. The Morgan fingerprint density at radius 1 is 1.53 bits per heavy atom. The number of anilines is 1. The van der Waals surface area contributed by atoms with Crippen molar-refractivity contribution in [1.29, 1.82) is 0 Å². The predicted octanol–water partition coefficient (Wildman–Crippen LogP) is 0.452. The van der Waals surface area contributed by atoms with Crippen molar-refractivity contribution in [2.24, 2.45) is 13.0 Å². The van der Waals surface area contributed by atoms with Crippen molar-refractivity contribution < 1.29 is 9.90 Å². The number of aromatic nitrogens is 1. The fraction of sp³-hybridized carbons (Fsp3) is 0.583. The van der Waals surface area contributed by atoms with E-state index in [0.29, 0.717) is 17.3 Å². The summed E-state index contributed by atoms with van der Waals surface area (Å²) in [5.41, 5.74) is 6.91.